The maximum absolute atomic E-state index is 14.1. The molecule has 3 unspecified atom stereocenters. The highest BCUT2D eigenvalue weighted by Crippen LogP contribution is 2.42. The van der Waals surface area contributed by atoms with Gasteiger partial charge in [0.05, 0.1) is 0 Å². The fraction of sp³-hybridized carbons (Fsp3) is 0.533. The molecule has 3 atom stereocenters. The third kappa shape index (κ3) is 3.09. The van der Waals surface area contributed by atoms with Crippen LogP contribution in [0.15, 0.2) is 30.3 Å². The smallest absolute Gasteiger partial charge is 0.302 e. The molecule has 0 aromatic heterocycles. The summed E-state index contributed by atoms with van der Waals surface area (Å²) in [6, 6.07) is 10.1. The lowest BCUT2D eigenvalue weighted by Gasteiger charge is -2.23. The predicted molar refractivity (Wildman–Crippen MR) is 68.1 cm³/mol. The van der Waals surface area contributed by atoms with Gasteiger partial charge >= 0.3 is 5.97 Å². The summed E-state index contributed by atoms with van der Waals surface area (Å²) in [7, 11) is 0. The Morgan fingerprint density at radius 3 is 2.78 bits per heavy atom. The van der Waals surface area contributed by atoms with Gasteiger partial charge in [-0.15, -0.1) is 0 Å². The molecule has 0 radical (unpaired) electrons. The molecule has 0 bridgehead atoms. The monoisotopic (exact) mass is 250 g/mol. The Bertz CT molecular complexity index is 391. The van der Waals surface area contributed by atoms with Gasteiger partial charge in [0.2, 0.25) is 0 Å². The van der Waals surface area contributed by atoms with Crippen molar-refractivity contribution < 1.29 is 13.9 Å². The molecule has 0 amide bonds. The number of rotatable bonds is 4. The van der Waals surface area contributed by atoms with Crippen LogP contribution in [0, 0.1) is 5.92 Å². The fourth-order valence-corrected chi connectivity index (χ4v) is 2.86. The van der Waals surface area contributed by atoms with Gasteiger partial charge in [0.1, 0.15) is 12.8 Å². The quantitative estimate of drug-likeness (QED) is 0.765. The first-order valence-electron chi connectivity index (χ1n) is 6.51. The topological polar surface area (TPSA) is 26.3 Å². The first-order valence-corrected chi connectivity index (χ1v) is 6.51. The van der Waals surface area contributed by atoms with Crippen molar-refractivity contribution in [2.45, 2.75) is 38.3 Å². The highest BCUT2D eigenvalue weighted by atomic mass is 19.1. The predicted octanol–water partition coefficient (Wildman–Crippen LogP) is 3.47. The second-order valence-electron chi connectivity index (χ2n) is 4.93. The third-order valence-electron chi connectivity index (χ3n) is 3.71. The number of ether oxygens (including phenoxy) is 1. The second kappa shape index (κ2) is 5.98. The molecule has 2 nitrogen and oxygen atoms in total. The van der Waals surface area contributed by atoms with Crippen molar-refractivity contribution in [3.63, 3.8) is 0 Å². The summed E-state index contributed by atoms with van der Waals surface area (Å²) < 4.78 is 18.9. The molecule has 1 aliphatic carbocycles. The van der Waals surface area contributed by atoms with Crippen LogP contribution in [0.5, 0.6) is 0 Å². The zero-order chi connectivity index (χ0) is 13.0. The van der Waals surface area contributed by atoms with E-state index in [1.807, 2.05) is 18.2 Å². The van der Waals surface area contributed by atoms with Gasteiger partial charge in [-0.1, -0.05) is 36.8 Å². The van der Waals surface area contributed by atoms with Crippen molar-refractivity contribution >= 4 is 5.97 Å². The lowest BCUT2D eigenvalue weighted by molar-refractivity contribution is -0.143. The number of alkyl halides is 1. The van der Waals surface area contributed by atoms with Gasteiger partial charge in [-0.2, -0.15) is 0 Å². The van der Waals surface area contributed by atoms with Crippen LogP contribution >= 0.6 is 0 Å². The molecule has 0 spiro atoms. The number of hydrogen-bond donors (Lipinski definition) is 0. The van der Waals surface area contributed by atoms with Gasteiger partial charge in [0, 0.05) is 12.8 Å². The molecule has 0 N–H and O–H groups in total. The molecular weight excluding hydrogens is 231 g/mol. The van der Waals surface area contributed by atoms with Crippen LogP contribution in [0.3, 0.4) is 0 Å². The third-order valence-corrected chi connectivity index (χ3v) is 3.71. The van der Waals surface area contributed by atoms with Gasteiger partial charge in [0.25, 0.3) is 0 Å². The van der Waals surface area contributed by atoms with Crippen molar-refractivity contribution in [1.29, 1.82) is 0 Å². The zero-order valence-electron chi connectivity index (χ0n) is 10.6. The van der Waals surface area contributed by atoms with Crippen LogP contribution in [0.1, 0.15) is 37.7 Å². The largest absolute Gasteiger partial charge is 0.463 e. The first-order chi connectivity index (χ1) is 8.68. The van der Waals surface area contributed by atoms with Crippen molar-refractivity contribution in [2.24, 2.45) is 5.92 Å². The number of carbonyl (C=O) groups is 1. The molecule has 0 heterocycles. The second-order valence-corrected chi connectivity index (χ2v) is 4.93. The molecule has 0 saturated heterocycles. The van der Waals surface area contributed by atoms with Gasteiger partial charge in [-0.3, -0.25) is 4.79 Å². The van der Waals surface area contributed by atoms with Crippen molar-refractivity contribution in [3.05, 3.63) is 35.9 Å². The average molecular weight is 250 g/mol. The van der Waals surface area contributed by atoms with Gasteiger partial charge < -0.3 is 4.74 Å². The van der Waals surface area contributed by atoms with E-state index in [-0.39, 0.29) is 18.4 Å². The van der Waals surface area contributed by atoms with Crippen LogP contribution in [-0.4, -0.2) is 18.7 Å². The van der Waals surface area contributed by atoms with Gasteiger partial charge in [0.15, 0.2) is 0 Å². The maximum atomic E-state index is 14.1. The molecular formula is C15H19FO2. The van der Waals surface area contributed by atoms with Crippen molar-refractivity contribution in [2.75, 3.05) is 6.61 Å². The Kier molecular flexibility index (Phi) is 4.34. The minimum absolute atomic E-state index is 0.0215. The molecule has 98 valence electrons. The van der Waals surface area contributed by atoms with Gasteiger partial charge in [-0.25, -0.2) is 4.39 Å². The summed E-state index contributed by atoms with van der Waals surface area (Å²) in [4.78, 5) is 10.7. The molecule has 1 aliphatic rings. The standard InChI is InChI=1S/C15H19FO2/c1-11(17)18-10-15(16)14-9-5-8-13(14)12-6-3-2-4-7-12/h2-4,6-7,13-15H,5,8-10H2,1H3. The molecule has 18 heavy (non-hydrogen) atoms. The number of benzene rings is 1. The highest BCUT2D eigenvalue weighted by Gasteiger charge is 2.35. The van der Waals surface area contributed by atoms with E-state index >= 15 is 0 Å². The number of esters is 1. The number of carbonyl (C=O) groups excluding carboxylic acids is 1. The summed E-state index contributed by atoms with van der Waals surface area (Å²) in [5, 5.41) is 0. The number of hydrogen-bond acceptors (Lipinski definition) is 2. The van der Waals surface area contributed by atoms with Crippen LogP contribution in [0.25, 0.3) is 0 Å². The molecule has 1 aromatic carbocycles. The minimum atomic E-state index is -1.05. The minimum Gasteiger partial charge on any atom is -0.463 e. The Morgan fingerprint density at radius 1 is 1.39 bits per heavy atom. The Balaban J connectivity index is 2.01. The summed E-state index contributed by atoms with van der Waals surface area (Å²) in [5.41, 5.74) is 1.20. The van der Waals surface area contributed by atoms with E-state index < -0.39 is 12.1 Å². The average Bonchev–Trinajstić information content (AvgIpc) is 2.86. The van der Waals surface area contributed by atoms with E-state index in [9.17, 15) is 9.18 Å². The van der Waals surface area contributed by atoms with E-state index in [0.29, 0.717) is 0 Å². The van der Waals surface area contributed by atoms with E-state index in [2.05, 4.69) is 12.1 Å². The normalized spacial score (nSPS) is 24.8. The summed E-state index contributed by atoms with van der Waals surface area (Å²) in [6.07, 6.45) is 1.89. The van der Waals surface area contributed by atoms with E-state index in [1.54, 1.807) is 0 Å². The van der Waals surface area contributed by atoms with Crippen LogP contribution in [-0.2, 0) is 9.53 Å². The van der Waals surface area contributed by atoms with Crippen LogP contribution in [0.2, 0.25) is 0 Å². The molecule has 1 saturated carbocycles. The zero-order valence-corrected chi connectivity index (χ0v) is 10.6. The number of halogens is 1. The van der Waals surface area contributed by atoms with E-state index in [1.165, 1.54) is 12.5 Å². The molecule has 2 rings (SSSR count). The summed E-state index contributed by atoms with van der Waals surface area (Å²) >= 11 is 0. The SMILES string of the molecule is CC(=O)OCC(F)C1CCCC1c1ccccc1. The van der Waals surface area contributed by atoms with E-state index in [4.69, 9.17) is 4.74 Å². The van der Waals surface area contributed by atoms with Crippen molar-refractivity contribution in [3.8, 4) is 0 Å². The fourth-order valence-electron chi connectivity index (χ4n) is 2.86. The lowest BCUT2D eigenvalue weighted by atomic mass is 9.86. The van der Waals surface area contributed by atoms with Crippen LogP contribution < -0.4 is 0 Å². The summed E-state index contributed by atoms with van der Waals surface area (Å²) in [6.45, 7) is 1.21. The van der Waals surface area contributed by atoms with Crippen molar-refractivity contribution in [1.82, 2.24) is 0 Å². The molecule has 3 heteroatoms. The molecule has 0 aliphatic heterocycles. The highest BCUT2D eigenvalue weighted by molar-refractivity contribution is 5.65. The molecule has 1 fully saturated rings. The van der Waals surface area contributed by atoms with Gasteiger partial charge in [-0.05, 0) is 24.3 Å². The Morgan fingerprint density at radius 2 is 2.11 bits per heavy atom. The lowest BCUT2D eigenvalue weighted by Crippen LogP contribution is -2.25. The van der Waals surface area contributed by atoms with Crippen LogP contribution in [0.4, 0.5) is 4.39 Å². The summed E-state index contributed by atoms with van der Waals surface area (Å²) in [5.74, 6) is -0.171. The Hall–Kier alpha value is -1.38. The first kappa shape index (κ1) is 13.1. The Labute approximate surface area is 107 Å². The maximum Gasteiger partial charge on any atom is 0.302 e. The molecule has 1 aromatic rings. The van der Waals surface area contributed by atoms with E-state index in [0.717, 1.165) is 19.3 Å².